The lowest BCUT2D eigenvalue weighted by Crippen LogP contribution is -2.21. The van der Waals surface area contributed by atoms with Gasteiger partial charge in [0.1, 0.15) is 0 Å². The molecular formula is C18H24N2S. The van der Waals surface area contributed by atoms with E-state index in [9.17, 15) is 0 Å². The lowest BCUT2D eigenvalue weighted by molar-refractivity contribution is 0.644. The Bertz CT molecular complexity index is 596. The highest BCUT2D eigenvalue weighted by Gasteiger charge is 2.07. The Balaban J connectivity index is 2.03. The van der Waals surface area contributed by atoms with E-state index in [4.69, 9.17) is 5.73 Å². The maximum Gasteiger partial charge on any atom is 0.0992 e. The van der Waals surface area contributed by atoms with Crippen LogP contribution >= 0.6 is 11.8 Å². The van der Waals surface area contributed by atoms with E-state index < -0.39 is 0 Å². The molecule has 0 fully saturated rings. The van der Waals surface area contributed by atoms with Gasteiger partial charge in [-0.1, -0.05) is 37.3 Å². The van der Waals surface area contributed by atoms with Gasteiger partial charge in [-0.15, -0.1) is 11.8 Å². The number of rotatable bonds is 6. The third-order valence-electron chi connectivity index (χ3n) is 3.73. The molecule has 0 spiro atoms. The zero-order valence-electron chi connectivity index (χ0n) is 13.1. The first kappa shape index (κ1) is 16.1. The second-order valence-electron chi connectivity index (χ2n) is 5.55. The molecule has 1 aromatic carbocycles. The highest BCUT2D eigenvalue weighted by atomic mass is 32.2. The van der Waals surface area contributed by atoms with Crippen molar-refractivity contribution < 1.29 is 0 Å². The van der Waals surface area contributed by atoms with Gasteiger partial charge in [-0.3, -0.25) is 0 Å². The average molecular weight is 300 g/mol. The van der Waals surface area contributed by atoms with Crippen LogP contribution in [-0.4, -0.2) is 11.0 Å². The Kier molecular flexibility index (Phi) is 5.83. The monoisotopic (exact) mass is 300 g/mol. The van der Waals surface area contributed by atoms with E-state index >= 15 is 0 Å². The van der Waals surface area contributed by atoms with E-state index in [-0.39, 0.29) is 6.04 Å². The maximum atomic E-state index is 6.01. The summed E-state index contributed by atoms with van der Waals surface area (Å²) in [5, 5.41) is 1.12. The Morgan fingerprint density at radius 3 is 2.62 bits per heavy atom. The Morgan fingerprint density at radius 2 is 1.95 bits per heavy atom. The van der Waals surface area contributed by atoms with Crippen molar-refractivity contribution in [3.8, 4) is 0 Å². The summed E-state index contributed by atoms with van der Waals surface area (Å²) in [5.74, 6) is 0.967. The van der Waals surface area contributed by atoms with Gasteiger partial charge in [0.2, 0.25) is 0 Å². The number of hydrogen-bond acceptors (Lipinski definition) is 3. The molecule has 2 nitrogen and oxygen atoms in total. The number of benzene rings is 1. The first-order valence-corrected chi connectivity index (χ1v) is 8.47. The molecule has 2 rings (SSSR count). The van der Waals surface area contributed by atoms with Crippen LogP contribution in [0.2, 0.25) is 0 Å². The molecule has 0 aliphatic heterocycles. The second kappa shape index (κ2) is 7.62. The van der Waals surface area contributed by atoms with E-state index in [1.54, 1.807) is 11.8 Å². The highest BCUT2D eigenvalue weighted by molar-refractivity contribution is 7.98. The molecule has 2 N–H and O–H groups in total. The summed E-state index contributed by atoms with van der Waals surface area (Å²) in [6.07, 6.45) is 3.89. The topological polar surface area (TPSA) is 38.9 Å². The first-order valence-electron chi connectivity index (χ1n) is 7.48. The Hall–Kier alpha value is -1.32. The van der Waals surface area contributed by atoms with Gasteiger partial charge in [0.05, 0.1) is 5.03 Å². The van der Waals surface area contributed by atoms with Crippen molar-refractivity contribution in [1.82, 2.24) is 4.98 Å². The molecule has 0 radical (unpaired) electrons. The van der Waals surface area contributed by atoms with Gasteiger partial charge < -0.3 is 5.73 Å². The molecule has 1 atom stereocenters. The van der Waals surface area contributed by atoms with Crippen molar-refractivity contribution in [3.05, 3.63) is 58.8 Å². The highest BCUT2D eigenvalue weighted by Crippen LogP contribution is 2.26. The van der Waals surface area contributed by atoms with Gasteiger partial charge in [-0.05, 0) is 48.9 Å². The van der Waals surface area contributed by atoms with Crippen LogP contribution in [0, 0.1) is 13.8 Å². The predicted molar refractivity (Wildman–Crippen MR) is 91.7 cm³/mol. The lowest BCUT2D eigenvalue weighted by atomic mass is 10.1. The summed E-state index contributed by atoms with van der Waals surface area (Å²) in [5.41, 5.74) is 11.2. The fraction of sp³-hybridized carbons (Fsp3) is 0.389. The molecule has 112 valence electrons. The van der Waals surface area contributed by atoms with E-state index in [1.807, 2.05) is 6.20 Å². The Labute approximate surface area is 132 Å². The minimum atomic E-state index is 0.233. The van der Waals surface area contributed by atoms with E-state index in [1.165, 1.54) is 22.3 Å². The molecular weight excluding hydrogens is 276 g/mol. The number of nitrogens with zero attached hydrogens (tertiary/aromatic N) is 1. The van der Waals surface area contributed by atoms with E-state index in [0.29, 0.717) is 0 Å². The second-order valence-corrected chi connectivity index (χ2v) is 6.52. The standard InChI is InChI=1S/C18H24N2S/c1-4-17(19)10-15-9-14(3)18(20-11-15)21-12-16-8-6-5-7-13(16)2/h5-9,11,17H,4,10,12,19H2,1-3H3. The van der Waals surface area contributed by atoms with Crippen molar-refractivity contribution in [3.63, 3.8) is 0 Å². The van der Waals surface area contributed by atoms with Gasteiger partial charge in [-0.25, -0.2) is 4.98 Å². The molecule has 1 aromatic heterocycles. The van der Waals surface area contributed by atoms with Gasteiger partial charge in [0, 0.05) is 18.0 Å². The van der Waals surface area contributed by atoms with Gasteiger partial charge in [-0.2, -0.15) is 0 Å². The van der Waals surface area contributed by atoms with Crippen molar-refractivity contribution in [2.24, 2.45) is 5.73 Å². The largest absolute Gasteiger partial charge is 0.327 e. The molecule has 0 saturated carbocycles. The van der Waals surface area contributed by atoms with E-state index in [0.717, 1.165) is 23.6 Å². The normalized spacial score (nSPS) is 12.4. The molecule has 0 saturated heterocycles. The van der Waals surface area contributed by atoms with Crippen LogP contribution in [0.25, 0.3) is 0 Å². The van der Waals surface area contributed by atoms with Gasteiger partial charge >= 0.3 is 0 Å². The minimum Gasteiger partial charge on any atom is -0.327 e. The van der Waals surface area contributed by atoms with Crippen molar-refractivity contribution in [1.29, 1.82) is 0 Å². The number of aryl methyl sites for hydroxylation is 2. The molecule has 0 bridgehead atoms. The number of pyridine rings is 1. The summed E-state index contributed by atoms with van der Waals surface area (Å²) >= 11 is 1.81. The summed E-state index contributed by atoms with van der Waals surface area (Å²) in [6, 6.07) is 11.0. The van der Waals surface area contributed by atoms with Crippen LogP contribution in [0.1, 0.15) is 35.6 Å². The third kappa shape index (κ3) is 4.58. The smallest absolute Gasteiger partial charge is 0.0992 e. The van der Waals surface area contributed by atoms with Crippen molar-refractivity contribution in [2.75, 3.05) is 0 Å². The molecule has 1 unspecified atom stereocenters. The van der Waals surface area contributed by atoms with E-state index in [2.05, 4.69) is 56.1 Å². The lowest BCUT2D eigenvalue weighted by Gasteiger charge is -2.11. The van der Waals surface area contributed by atoms with Crippen LogP contribution in [0.15, 0.2) is 41.6 Å². The predicted octanol–water partition coefficient (Wildman–Crippen LogP) is 4.27. The third-order valence-corrected chi connectivity index (χ3v) is 4.89. The molecule has 1 heterocycles. The minimum absolute atomic E-state index is 0.233. The van der Waals surface area contributed by atoms with Crippen LogP contribution in [-0.2, 0) is 12.2 Å². The van der Waals surface area contributed by atoms with Crippen LogP contribution < -0.4 is 5.73 Å². The molecule has 0 aliphatic rings. The van der Waals surface area contributed by atoms with Gasteiger partial charge in [0.15, 0.2) is 0 Å². The number of nitrogens with two attached hydrogens (primary N) is 1. The zero-order valence-corrected chi connectivity index (χ0v) is 13.9. The fourth-order valence-corrected chi connectivity index (χ4v) is 3.28. The van der Waals surface area contributed by atoms with Crippen molar-refractivity contribution >= 4 is 11.8 Å². The maximum absolute atomic E-state index is 6.01. The number of hydrogen-bond donors (Lipinski definition) is 1. The SMILES string of the molecule is CCC(N)Cc1cnc(SCc2ccccc2C)c(C)c1. The molecule has 2 aromatic rings. The van der Waals surface area contributed by atoms with Crippen LogP contribution in [0.3, 0.4) is 0 Å². The Morgan fingerprint density at radius 1 is 1.19 bits per heavy atom. The average Bonchev–Trinajstić information content (AvgIpc) is 2.48. The van der Waals surface area contributed by atoms with Crippen molar-refractivity contribution in [2.45, 2.75) is 50.4 Å². The summed E-state index contributed by atoms with van der Waals surface area (Å²) < 4.78 is 0. The van der Waals surface area contributed by atoms with Crippen LogP contribution in [0.5, 0.6) is 0 Å². The van der Waals surface area contributed by atoms with Gasteiger partial charge in [0.25, 0.3) is 0 Å². The first-order chi connectivity index (χ1) is 10.1. The number of thioether (sulfide) groups is 1. The molecule has 3 heteroatoms. The zero-order chi connectivity index (χ0) is 15.2. The van der Waals surface area contributed by atoms with Crippen LogP contribution in [0.4, 0.5) is 0 Å². The summed E-state index contributed by atoms with van der Waals surface area (Å²) in [7, 11) is 0. The molecule has 0 amide bonds. The molecule has 21 heavy (non-hydrogen) atoms. The summed E-state index contributed by atoms with van der Waals surface area (Å²) in [6.45, 7) is 6.41. The number of aromatic nitrogens is 1. The molecule has 0 aliphatic carbocycles. The summed E-state index contributed by atoms with van der Waals surface area (Å²) in [4.78, 5) is 4.62. The quantitative estimate of drug-likeness (QED) is 0.810. The fourth-order valence-electron chi connectivity index (χ4n) is 2.25.